The number of halogens is 1. The lowest BCUT2D eigenvalue weighted by molar-refractivity contribution is -0.120. The molecule has 0 radical (unpaired) electrons. The van der Waals surface area contributed by atoms with Crippen molar-refractivity contribution in [2.24, 2.45) is 5.10 Å². The fourth-order valence-corrected chi connectivity index (χ4v) is 3.73. The fraction of sp³-hybridized carbons (Fsp3) is 0.111. The lowest BCUT2D eigenvalue weighted by Crippen LogP contribution is -2.19. The van der Waals surface area contributed by atoms with E-state index in [1.807, 2.05) is 84.9 Å². The van der Waals surface area contributed by atoms with Crippen LogP contribution < -0.4 is 14.9 Å². The van der Waals surface area contributed by atoms with Crippen molar-refractivity contribution in [2.45, 2.75) is 13.0 Å². The maximum Gasteiger partial charge on any atom is 0.244 e. The Kier molecular flexibility index (Phi) is 7.37. The largest absolute Gasteiger partial charge is 0.493 e. The number of ether oxygens (including phenoxy) is 2. The second-order valence-electron chi connectivity index (χ2n) is 7.43. The van der Waals surface area contributed by atoms with E-state index in [4.69, 9.17) is 9.47 Å². The minimum absolute atomic E-state index is 0.177. The predicted molar refractivity (Wildman–Crippen MR) is 135 cm³/mol. The number of rotatable bonds is 8. The van der Waals surface area contributed by atoms with Gasteiger partial charge in [-0.3, -0.25) is 4.79 Å². The van der Waals surface area contributed by atoms with Crippen molar-refractivity contribution in [1.29, 1.82) is 0 Å². The van der Waals surface area contributed by atoms with Crippen LogP contribution in [0.2, 0.25) is 0 Å². The van der Waals surface area contributed by atoms with Gasteiger partial charge in [0.15, 0.2) is 11.5 Å². The van der Waals surface area contributed by atoms with Gasteiger partial charge in [0, 0.05) is 4.47 Å². The van der Waals surface area contributed by atoms with Gasteiger partial charge < -0.3 is 9.47 Å². The first-order valence-electron chi connectivity index (χ1n) is 10.5. The molecule has 0 aromatic heterocycles. The van der Waals surface area contributed by atoms with E-state index < -0.39 is 0 Å². The molecule has 0 spiro atoms. The summed E-state index contributed by atoms with van der Waals surface area (Å²) in [7, 11) is 1.59. The second-order valence-corrected chi connectivity index (χ2v) is 8.35. The highest BCUT2D eigenvalue weighted by atomic mass is 79.9. The van der Waals surface area contributed by atoms with Crippen LogP contribution in [0.5, 0.6) is 11.5 Å². The van der Waals surface area contributed by atoms with Crippen LogP contribution in [0.1, 0.15) is 16.7 Å². The van der Waals surface area contributed by atoms with Crippen molar-refractivity contribution in [3.05, 3.63) is 106 Å². The average molecular weight is 503 g/mol. The number of nitrogens with one attached hydrogen (secondary N) is 1. The predicted octanol–water partition coefficient (Wildman–Crippen LogP) is 5.88. The summed E-state index contributed by atoms with van der Waals surface area (Å²) in [5, 5.41) is 6.28. The number of nitrogens with zero attached hydrogens (tertiary/aromatic N) is 1. The Morgan fingerprint density at radius 2 is 1.76 bits per heavy atom. The number of amides is 1. The molecule has 33 heavy (non-hydrogen) atoms. The van der Waals surface area contributed by atoms with Crippen molar-refractivity contribution < 1.29 is 14.3 Å². The molecule has 4 rings (SSSR count). The number of methoxy groups -OCH3 is 1. The van der Waals surface area contributed by atoms with Crippen LogP contribution in [0.4, 0.5) is 0 Å². The Labute approximate surface area is 201 Å². The third-order valence-corrected chi connectivity index (χ3v) is 5.66. The number of benzene rings is 4. The molecule has 4 aromatic carbocycles. The van der Waals surface area contributed by atoms with Gasteiger partial charge in [0.1, 0.15) is 6.61 Å². The first-order chi connectivity index (χ1) is 16.1. The van der Waals surface area contributed by atoms with Crippen LogP contribution in [0, 0.1) is 0 Å². The molecule has 1 N–H and O–H groups in total. The summed E-state index contributed by atoms with van der Waals surface area (Å²) in [6, 6.07) is 27.4. The molecular formula is C27H23BrN2O3. The Hall–Kier alpha value is -3.64. The molecule has 4 aromatic rings. The number of carbonyl (C=O) groups excluding carboxylic acids is 1. The maximum absolute atomic E-state index is 12.4. The molecule has 0 atom stereocenters. The highest BCUT2D eigenvalue weighted by Gasteiger charge is 2.08. The van der Waals surface area contributed by atoms with E-state index in [2.05, 4.69) is 26.5 Å². The second kappa shape index (κ2) is 10.8. The standard InChI is InChI=1S/C27H23BrN2O3/c1-32-26-15-20(11-14-25(26)33-18-19-9-12-23(28)13-10-19)17-29-30-27(31)16-22-7-4-6-21-5-2-3-8-24(21)22/h2-15,17H,16,18H2,1H3,(H,30,31). The highest BCUT2D eigenvalue weighted by molar-refractivity contribution is 9.10. The van der Waals surface area contributed by atoms with Gasteiger partial charge >= 0.3 is 0 Å². The van der Waals surface area contributed by atoms with E-state index in [0.717, 1.165) is 31.9 Å². The third kappa shape index (κ3) is 5.99. The molecule has 0 aliphatic rings. The number of hydrogen-bond donors (Lipinski definition) is 1. The lowest BCUT2D eigenvalue weighted by Gasteiger charge is -2.11. The molecule has 0 aliphatic carbocycles. The van der Waals surface area contributed by atoms with E-state index in [1.165, 1.54) is 0 Å². The summed E-state index contributed by atoms with van der Waals surface area (Å²) in [5.41, 5.74) is 5.41. The smallest absolute Gasteiger partial charge is 0.244 e. The van der Waals surface area contributed by atoms with Gasteiger partial charge in [0.05, 0.1) is 19.7 Å². The van der Waals surface area contributed by atoms with Crippen molar-refractivity contribution in [2.75, 3.05) is 7.11 Å². The molecule has 166 valence electrons. The Bertz CT molecular complexity index is 1280. The molecule has 0 aliphatic heterocycles. The molecule has 0 heterocycles. The zero-order valence-corrected chi connectivity index (χ0v) is 19.7. The Morgan fingerprint density at radius 3 is 2.58 bits per heavy atom. The van der Waals surface area contributed by atoms with Crippen molar-refractivity contribution in [3.63, 3.8) is 0 Å². The summed E-state index contributed by atoms with van der Waals surface area (Å²) >= 11 is 3.43. The molecule has 0 saturated carbocycles. The summed E-state index contributed by atoms with van der Waals surface area (Å²) < 4.78 is 12.4. The van der Waals surface area contributed by atoms with Crippen LogP contribution in [-0.2, 0) is 17.8 Å². The van der Waals surface area contributed by atoms with E-state index in [9.17, 15) is 4.79 Å². The fourth-order valence-electron chi connectivity index (χ4n) is 3.46. The maximum atomic E-state index is 12.4. The van der Waals surface area contributed by atoms with Crippen LogP contribution in [-0.4, -0.2) is 19.2 Å². The van der Waals surface area contributed by atoms with E-state index >= 15 is 0 Å². The Balaban J connectivity index is 1.36. The third-order valence-electron chi connectivity index (χ3n) is 5.13. The number of hydrogen-bond acceptors (Lipinski definition) is 4. The molecule has 0 unspecified atom stereocenters. The zero-order chi connectivity index (χ0) is 23.0. The SMILES string of the molecule is COc1cc(C=NNC(=O)Cc2cccc3ccccc23)ccc1OCc1ccc(Br)cc1. The topological polar surface area (TPSA) is 59.9 Å². The molecular weight excluding hydrogens is 480 g/mol. The van der Waals surface area contributed by atoms with Gasteiger partial charge in [-0.05, 0) is 57.8 Å². The van der Waals surface area contributed by atoms with Gasteiger partial charge in [-0.2, -0.15) is 5.10 Å². The molecule has 0 bridgehead atoms. The van der Waals surface area contributed by atoms with Gasteiger partial charge in [0.25, 0.3) is 0 Å². The Morgan fingerprint density at radius 1 is 0.970 bits per heavy atom. The van der Waals surface area contributed by atoms with Crippen molar-refractivity contribution in [3.8, 4) is 11.5 Å². The molecule has 1 amide bonds. The summed E-state index contributed by atoms with van der Waals surface area (Å²) in [6.45, 7) is 0.432. The number of hydrazone groups is 1. The normalized spacial score (nSPS) is 11.0. The number of carbonyl (C=O) groups is 1. The van der Waals surface area contributed by atoms with E-state index in [1.54, 1.807) is 13.3 Å². The molecule has 6 heteroatoms. The van der Waals surface area contributed by atoms with Crippen LogP contribution in [0.15, 0.2) is 94.5 Å². The first kappa shape index (κ1) is 22.6. The lowest BCUT2D eigenvalue weighted by atomic mass is 10.0. The van der Waals surface area contributed by atoms with Crippen LogP contribution >= 0.6 is 15.9 Å². The van der Waals surface area contributed by atoms with Crippen molar-refractivity contribution in [1.82, 2.24) is 5.43 Å². The highest BCUT2D eigenvalue weighted by Crippen LogP contribution is 2.28. The van der Waals surface area contributed by atoms with E-state index in [-0.39, 0.29) is 12.3 Å². The average Bonchev–Trinajstić information content (AvgIpc) is 2.84. The molecule has 5 nitrogen and oxygen atoms in total. The van der Waals surface area contributed by atoms with E-state index in [0.29, 0.717) is 18.1 Å². The van der Waals surface area contributed by atoms with Gasteiger partial charge in [-0.1, -0.05) is 70.5 Å². The molecule has 0 saturated heterocycles. The van der Waals surface area contributed by atoms with Crippen molar-refractivity contribution >= 4 is 38.8 Å². The summed E-state index contributed by atoms with van der Waals surface area (Å²) in [4.78, 5) is 12.4. The van der Waals surface area contributed by atoms with Gasteiger partial charge in [0.2, 0.25) is 5.91 Å². The van der Waals surface area contributed by atoms with Gasteiger partial charge in [-0.25, -0.2) is 5.43 Å². The van der Waals surface area contributed by atoms with Crippen LogP contribution in [0.25, 0.3) is 10.8 Å². The summed E-state index contributed by atoms with van der Waals surface area (Å²) in [6.07, 6.45) is 1.84. The quantitative estimate of drug-likeness (QED) is 0.241. The number of fused-ring (bicyclic) bond motifs is 1. The monoisotopic (exact) mass is 502 g/mol. The van der Waals surface area contributed by atoms with Gasteiger partial charge in [-0.15, -0.1) is 0 Å². The minimum atomic E-state index is -0.177. The minimum Gasteiger partial charge on any atom is -0.493 e. The summed E-state index contributed by atoms with van der Waals surface area (Å²) in [5.74, 6) is 1.06. The first-order valence-corrected chi connectivity index (χ1v) is 11.3. The zero-order valence-electron chi connectivity index (χ0n) is 18.1. The van der Waals surface area contributed by atoms with Crippen LogP contribution in [0.3, 0.4) is 0 Å². The molecule has 0 fully saturated rings.